The second-order valence-corrected chi connectivity index (χ2v) is 6.01. The molecule has 3 N–H and O–H groups in total. The predicted octanol–water partition coefficient (Wildman–Crippen LogP) is 3.44. The highest BCUT2D eigenvalue weighted by Gasteiger charge is 2.45. The Morgan fingerprint density at radius 3 is 2.64 bits per heavy atom. The zero-order valence-electron chi connectivity index (χ0n) is 12.9. The largest absolute Gasteiger partial charge is 0.416 e. The summed E-state index contributed by atoms with van der Waals surface area (Å²) in [5, 5.41) is 3.06. The molecule has 6 heteroatoms. The lowest BCUT2D eigenvalue weighted by Gasteiger charge is -2.17. The van der Waals surface area contributed by atoms with E-state index in [4.69, 9.17) is 5.73 Å². The third kappa shape index (κ3) is 3.93. The molecule has 1 aromatic carbocycles. The fourth-order valence-electron chi connectivity index (χ4n) is 2.35. The van der Waals surface area contributed by atoms with E-state index in [1.165, 1.54) is 12.1 Å². The fourth-order valence-corrected chi connectivity index (χ4v) is 2.35. The van der Waals surface area contributed by atoms with Crippen LogP contribution in [0.15, 0.2) is 29.3 Å². The molecule has 1 atom stereocenters. The molecule has 1 aromatic rings. The lowest BCUT2D eigenvalue weighted by atomic mass is 9.94. The van der Waals surface area contributed by atoms with E-state index in [2.05, 4.69) is 10.3 Å². The monoisotopic (exact) mass is 313 g/mol. The van der Waals surface area contributed by atoms with Gasteiger partial charge in [0.25, 0.3) is 0 Å². The minimum atomic E-state index is -4.31. The number of alkyl halides is 3. The Kier molecular flexibility index (Phi) is 4.68. The van der Waals surface area contributed by atoms with Gasteiger partial charge in [-0.2, -0.15) is 13.2 Å². The molecular formula is C16H22F3N3. The first-order valence-corrected chi connectivity index (χ1v) is 7.51. The summed E-state index contributed by atoms with van der Waals surface area (Å²) in [7, 11) is 0. The van der Waals surface area contributed by atoms with Gasteiger partial charge in [0.15, 0.2) is 5.96 Å². The maximum atomic E-state index is 12.8. The number of guanidine groups is 1. The number of hydrogen-bond donors (Lipinski definition) is 2. The van der Waals surface area contributed by atoms with Crippen LogP contribution in [0, 0.1) is 0 Å². The van der Waals surface area contributed by atoms with Gasteiger partial charge in [0.05, 0.1) is 12.1 Å². The Morgan fingerprint density at radius 1 is 1.41 bits per heavy atom. The normalized spacial score (nSPS) is 18.9. The second kappa shape index (κ2) is 6.18. The molecule has 0 radical (unpaired) electrons. The van der Waals surface area contributed by atoms with Crippen LogP contribution in [0.5, 0.6) is 0 Å². The molecule has 1 unspecified atom stereocenters. The van der Waals surface area contributed by atoms with Crippen LogP contribution in [-0.2, 0) is 11.6 Å². The van der Waals surface area contributed by atoms with E-state index in [-0.39, 0.29) is 11.5 Å². The van der Waals surface area contributed by atoms with Gasteiger partial charge in [-0.3, -0.25) is 4.99 Å². The van der Waals surface area contributed by atoms with Gasteiger partial charge in [-0.05, 0) is 37.8 Å². The molecule has 1 aliphatic carbocycles. The standard InChI is InChI=1S/C16H22F3N3/c1-3-11(2)22-14(20)21-10-15(7-8-15)12-5-4-6-13(9-12)16(17,18)19/h4-6,9,11H,3,7-8,10H2,1-2H3,(H3,20,21,22). The minimum Gasteiger partial charge on any atom is -0.370 e. The smallest absolute Gasteiger partial charge is 0.370 e. The summed E-state index contributed by atoms with van der Waals surface area (Å²) in [5.41, 5.74) is 5.62. The molecule has 0 aliphatic heterocycles. The summed E-state index contributed by atoms with van der Waals surface area (Å²) in [6, 6.07) is 5.77. The third-order valence-corrected chi connectivity index (χ3v) is 4.21. The van der Waals surface area contributed by atoms with Gasteiger partial charge in [-0.15, -0.1) is 0 Å². The molecule has 0 amide bonds. The Bertz CT molecular complexity index is 548. The molecule has 122 valence electrons. The van der Waals surface area contributed by atoms with E-state index in [1.807, 2.05) is 13.8 Å². The van der Waals surface area contributed by atoms with Crippen molar-refractivity contribution in [2.24, 2.45) is 10.7 Å². The molecule has 2 rings (SSSR count). The Morgan fingerprint density at radius 2 is 2.09 bits per heavy atom. The average molecular weight is 313 g/mol. The zero-order valence-corrected chi connectivity index (χ0v) is 12.9. The van der Waals surface area contributed by atoms with Crippen LogP contribution in [0.1, 0.15) is 44.2 Å². The molecule has 3 nitrogen and oxygen atoms in total. The van der Waals surface area contributed by atoms with Crippen molar-refractivity contribution in [1.29, 1.82) is 0 Å². The lowest BCUT2D eigenvalue weighted by molar-refractivity contribution is -0.137. The van der Waals surface area contributed by atoms with Gasteiger partial charge in [-0.25, -0.2) is 0 Å². The second-order valence-electron chi connectivity index (χ2n) is 6.01. The van der Waals surface area contributed by atoms with Gasteiger partial charge in [-0.1, -0.05) is 25.1 Å². The number of benzene rings is 1. The van der Waals surface area contributed by atoms with Crippen LogP contribution in [0.3, 0.4) is 0 Å². The van der Waals surface area contributed by atoms with Crippen LogP contribution in [0.4, 0.5) is 13.2 Å². The Balaban J connectivity index is 2.10. The number of hydrogen-bond acceptors (Lipinski definition) is 1. The summed E-state index contributed by atoms with van der Waals surface area (Å²) in [5.74, 6) is 0.354. The van der Waals surface area contributed by atoms with Crippen molar-refractivity contribution >= 4 is 5.96 Å². The highest BCUT2D eigenvalue weighted by Crippen LogP contribution is 2.49. The average Bonchev–Trinajstić information content (AvgIpc) is 3.25. The molecule has 0 aromatic heterocycles. The summed E-state index contributed by atoms with van der Waals surface area (Å²) in [6.45, 7) is 4.46. The van der Waals surface area contributed by atoms with Crippen molar-refractivity contribution < 1.29 is 13.2 Å². The van der Waals surface area contributed by atoms with E-state index < -0.39 is 11.7 Å². The van der Waals surface area contributed by atoms with Crippen LogP contribution < -0.4 is 11.1 Å². The minimum absolute atomic E-state index is 0.229. The first-order valence-electron chi connectivity index (χ1n) is 7.51. The number of nitrogens with zero attached hydrogens (tertiary/aromatic N) is 1. The molecule has 0 heterocycles. The summed E-state index contributed by atoms with van der Waals surface area (Å²) < 4.78 is 38.4. The number of nitrogens with two attached hydrogens (primary N) is 1. The molecule has 0 spiro atoms. The maximum Gasteiger partial charge on any atom is 0.416 e. The Labute approximate surface area is 128 Å². The molecule has 22 heavy (non-hydrogen) atoms. The Hall–Kier alpha value is -1.72. The van der Waals surface area contributed by atoms with Crippen molar-refractivity contribution in [2.45, 2.75) is 50.7 Å². The number of nitrogens with one attached hydrogen (secondary N) is 1. The predicted molar refractivity (Wildman–Crippen MR) is 81.7 cm³/mol. The third-order valence-electron chi connectivity index (χ3n) is 4.21. The first kappa shape index (κ1) is 16.6. The van der Waals surface area contributed by atoms with E-state index in [9.17, 15) is 13.2 Å². The van der Waals surface area contributed by atoms with E-state index >= 15 is 0 Å². The molecule has 1 fully saturated rings. The highest BCUT2D eigenvalue weighted by atomic mass is 19.4. The number of rotatable bonds is 5. The van der Waals surface area contributed by atoms with Crippen molar-refractivity contribution in [2.75, 3.05) is 6.54 Å². The number of halogens is 3. The van der Waals surface area contributed by atoms with Gasteiger partial charge >= 0.3 is 6.18 Å². The van der Waals surface area contributed by atoms with Gasteiger partial charge in [0.1, 0.15) is 0 Å². The molecule has 0 saturated heterocycles. The van der Waals surface area contributed by atoms with Crippen LogP contribution >= 0.6 is 0 Å². The van der Waals surface area contributed by atoms with Crippen molar-refractivity contribution in [3.05, 3.63) is 35.4 Å². The SMILES string of the molecule is CCC(C)NC(N)=NCC1(c2cccc(C(F)(F)F)c2)CC1. The van der Waals surface area contributed by atoms with Crippen LogP contribution in [-0.4, -0.2) is 18.5 Å². The summed E-state index contributed by atoms with van der Waals surface area (Å²) in [6.07, 6.45) is -1.70. The van der Waals surface area contributed by atoms with E-state index in [0.29, 0.717) is 18.1 Å². The molecular weight excluding hydrogens is 291 g/mol. The van der Waals surface area contributed by atoms with Crippen molar-refractivity contribution in [1.82, 2.24) is 5.32 Å². The fraction of sp³-hybridized carbons (Fsp3) is 0.562. The van der Waals surface area contributed by atoms with Crippen molar-refractivity contribution in [3.8, 4) is 0 Å². The summed E-state index contributed by atoms with van der Waals surface area (Å²) >= 11 is 0. The van der Waals surface area contributed by atoms with Crippen LogP contribution in [0.2, 0.25) is 0 Å². The maximum absolute atomic E-state index is 12.8. The van der Waals surface area contributed by atoms with Gasteiger partial charge < -0.3 is 11.1 Å². The zero-order chi connectivity index (χ0) is 16.4. The van der Waals surface area contributed by atoms with Crippen molar-refractivity contribution in [3.63, 3.8) is 0 Å². The topological polar surface area (TPSA) is 50.4 Å². The summed E-state index contributed by atoms with van der Waals surface area (Å²) in [4.78, 5) is 4.32. The molecule has 1 saturated carbocycles. The highest BCUT2D eigenvalue weighted by molar-refractivity contribution is 5.78. The van der Waals surface area contributed by atoms with E-state index in [0.717, 1.165) is 25.3 Å². The van der Waals surface area contributed by atoms with Gasteiger partial charge in [0, 0.05) is 11.5 Å². The van der Waals surface area contributed by atoms with E-state index in [1.54, 1.807) is 6.07 Å². The molecule has 0 bridgehead atoms. The van der Waals surface area contributed by atoms with Gasteiger partial charge in [0.2, 0.25) is 0 Å². The number of aliphatic imine (C=N–C) groups is 1. The lowest BCUT2D eigenvalue weighted by Crippen LogP contribution is -2.38. The first-order chi connectivity index (χ1) is 10.3. The van der Waals surface area contributed by atoms with Crippen LogP contribution in [0.25, 0.3) is 0 Å². The molecule has 1 aliphatic rings. The quantitative estimate of drug-likeness (QED) is 0.646.